The molecule has 0 bridgehead atoms. The van der Waals surface area contributed by atoms with Crippen molar-refractivity contribution in [3.8, 4) is 0 Å². The molecule has 2 N–H and O–H groups in total. The van der Waals surface area contributed by atoms with Gasteiger partial charge in [0.1, 0.15) is 18.2 Å². The first kappa shape index (κ1) is 15.0. The average molecular weight is 299 g/mol. The maximum absolute atomic E-state index is 6.29. The van der Waals surface area contributed by atoms with Gasteiger partial charge in [-0.05, 0) is 13.0 Å². The van der Waals surface area contributed by atoms with Crippen LogP contribution in [0.15, 0.2) is 12.5 Å². The molecule has 0 aliphatic rings. The van der Waals surface area contributed by atoms with Crippen LogP contribution >= 0.6 is 11.6 Å². The van der Waals surface area contributed by atoms with Gasteiger partial charge in [0.05, 0.1) is 30.1 Å². The fraction of sp³-hybridized carbons (Fsp3) is 0.583. The number of methoxy groups -OCH3 is 1. The number of halogens is 1. The van der Waals surface area contributed by atoms with Crippen LogP contribution in [0.25, 0.3) is 0 Å². The van der Waals surface area contributed by atoms with E-state index in [0.29, 0.717) is 18.2 Å². The Morgan fingerprint density at radius 1 is 1.55 bits per heavy atom. The smallest absolute Gasteiger partial charge is 0.147 e. The number of aromatic nitrogens is 5. The monoisotopic (exact) mass is 298 g/mol. The summed E-state index contributed by atoms with van der Waals surface area (Å²) in [4.78, 5) is 4.23. The van der Waals surface area contributed by atoms with Gasteiger partial charge in [-0.1, -0.05) is 18.5 Å². The lowest BCUT2D eigenvalue weighted by Crippen LogP contribution is -2.27. The third-order valence-electron chi connectivity index (χ3n) is 2.92. The number of rotatable bonds is 8. The molecule has 0 saturated heterocycles. The standard InChI is InChI=1S/C12H19ClN6O/c1-3-4-14-10(12-15-8-16-18-12)11-9(13)7-17-19(11)5-6-20-2/h7-8,10,14H,3-6H2,1-2H3,(H,15,16,18). The van der Waals surface area contributed by atoms with Gasteiger partial charge >= 0.3 is 0 Å². The molecule has 2 aromatic heterocycles. The molecule has 0 spiro atoms. The van der Waals surface area contributed by atoms with Crippen molar-refractivity contribution in [2.24, 2.45) is 0 Å². The van der Waals surface area contributed by atoms with Gasteiger partial charge in [0.15, 0.2) is 0 Å². The Morgan fingerprint density at radius 2 is 2.40 bits per heavy atom. The summed E-state index contributed by atoms with van der Waals surface area (Å²) in [5.74, 6) is 0.722. The first-order chi connectivity index (χ1) is 9.77. The average Bonchev–Trinajstić information content (AvgIpc) is 3.09. The molecule has 0 fully saturated rings. The van der Waals surface area contributed by atoms with E-state index in [2.05, 4.69) is 32.5 Å². The van der Waals surface area contributed by atoms with Gasteiger partial charge in [0.2, 0.25) is 0 Å². The Morgan fingerprint density at radius 3 is 3.05 bits per heavy atom. The van der Waals surface area contributed by atoms with Crippen molar-refractivity contribution in [2.75, 3.05) is 20.3 Å². The van der Waals surface area contributed by atoms with E-state index in [0.717, 1.165) is 24.5 Å². The largest absolute Gasteiger partial charge is 0.383 e. The van der Waals surface area contributed by atoms with Crippen molar-refractivity contribution in [1.82, 2.24) is 30.3 Å². The Labute approximate surface area is 122 Å². The molecule has 8 heteroatoms. The summed E-state index contributed by atoms with van der Waals surface area (Å²) in [6.45, 7) is 4.16. The molecule has 1 atom stereocenters. The summed E-state index contributed by atoms with van der Waals surface area (Å²) >= 11 is 6.29. The molecule has 0 radical (unpaired) electrons. The summed E-state index contributed by atoms with van der Waals surface area (Å²) < 4.78 is 6.94. The van der Waals surface area contributed by atoms with Crippen LogP contribution in [0.5, 0.6) is 0 Å². The van der Waals surface area contributed by atoms with Crippen LogP contribution in [-0.4, -0.2) is 45.2 Å². The number of nitrogens with zero attached hydrogens (tertiary/aromatic N) is 4. The Balaban J connectivity index is 2.30. The molecule has 20 heavy (non-hydrogen) atoms. The quantitative estimate of drug-likeness (QED) is 0.770. The third-order valence-corrected chi connectivity index (χ3v) is 3.21. The molecule has 0 aliphatic carbocycles. The van der Waals surface area contributed by atoms with Crippen LogP contribution in [0, 0.1) is 0 Å². The number of hydrogen-bond acceptors (Lipinski definition) is 5. The molecule has 0 aliphatic heterocycles. The third kappa shape index (κ3) is 3.36. The van der Waals surface area contributed by atoms with E-state index in [4.69, 9.17) is 16.3 Å². The summed E-state index contributed by atoms with van der Waals surface area (Å²) in [5.41, 5.74) is 0.869. The highest BCUT2D eigenvalue weighted by molar-refractivity contribution is 6.31. The topological polar surface area (TPSA) is 80.7 Å². The van der Waals surface area contributed by atoms with Gasteiger partial charge in [-0.15, -0.1) is 0 Å². The molecule has 0 saturated carbocycles. The zero-order valence-corrected chi connectivity index (χ0v) is 12.4. The number of nitrogens with one attached hydrogen (secondary N) is 2. The van der Waals surface area contributed by atoms with Gasteiger partial charge in [-0.3, -0.25) is 9.78 Å². The minimum Gasteiger partial charge on any atom is -0.383 e. The summed E-state index contributed by atoms with van der Waals surface area (Å²) in [6, 6.07) is -0.163. The lowest BCUT2D eigenvalue weighted by Gasteiger charge is -2.18. The molecule has 2 aromatic rings. The maximum atomic E-state index is 6.29. The fourth-order valence-electron chi connectivity index (χ4n) is 1.98. The predicted molar refractivity (Wildman–Crippen MR) is 75.6 cm³/mol. The van der Waals surface area contributed by atoms with Crippen molar-refractivity contribution < 1.29 is 4.74 Å². The first-order valence-electron chi connectivity index (χ1n) is 6.56. The van der Waals surface area contributed by atoms with Crippen molar-refractivity contribution in [2.45, 2.75) is 25.9 Å². The summed E-state index contributed by atoms with van der Waals surface area (Å²) in [7, 11) is 1.66. The normalized spacial score (nSPS) is 12.8. The minimum atomic E-state index is -0.163. The van der Waals surface area contributed by atoms with E-state index < -0.39 is 0 Å². The Kier molecular flexibility index (Phi) is 5.51. The zero-order chi connectivity index (χ0) is 14.4. The SMILES string of the molecule is CCCNC(c1ncn[nH]1)c1c(Cl)cnn1CCOC. The number of ether oxygens (including phenoxy) is 1. The van der Waals surface area contributed by atoms with Crippen molar-refractivity contribution >= 4 is 11.6 Å². The molecule has 110 valence electrons. The highest BCUT2D eigenvalue weighted by Gasteiger charge is 2.23. The molecule has 7 nitrogen and oxygen atoms in total. The van der Waals surface area contributed by atoms with E-state index in [1.165, 1.54) is 6.33 Å². The molecule has 2 heterocycles. The zero-order valence-electron chi connectivity index (χ0n) is 11.6. The van der Waals surface area contributed by atoms with E-state index in [1.54, 1.807) is 13.3 Å². The van der Waals surface area contributed by atoms with E-state index >= 15 is 0 Å². The summed E-state index contributed by atoms with van der Waals surface area (Å²) in [6.07, 6.45) is 4.14. The molecular formula is C12H19ClN6O. The van der Waals surface area contributed by atoms with Crippen LogP contribution < -0.4 is 5.32 Å². The maximum Gasteiger partial charge on any atom is 0.147 e. The van der Waals surface area contributed by atoms with Crippen LogP contribution in [0.3, 0.4) is 0 Å². The predicted octanol–water partition coefficient (Wildman–Crippen LogP) is 1.39. The van der Waals surface area contributed by atoms with Gasteiger partial charge < -0.3 is 10.1 Å². The van der Waals surface area contributed by atoms with Gasteiger partial charge in [-0.25, -0.2) is 4.98 Å². The Bertz CT molecular complexity index is 512. The second kappa shape index (κ2) is 7.37. The van der Waals surface area contributed by atoms with Crippen molar-refractivity contribution in [3.05, 3.63) is 29.1 Å². The molecule has 2 rings (SSSR count). The molecule has 0 aromatic carbocycles. The lowest BCUT2D eigenvalue weighted by atomic mass is 10.2. The van der Waals surface area contributed by atoms with Gasteiger partial charge in [0, 0.05) is 7.11 Å². The molecule has 0 amide bonds. The lowest BCUT2D eigenvalue weighted by molar-refractivity contribution is 0.182. The van der Waals surface area contributed by atoms with Crippen LogP contribution in [-0.2, 0) is 11.3 Å². The highest BCUT2D eigenvalue weighted by atomic mass is 35.5. The second-order valence-corrected chi connectivity index (χ2v) is 4.76. The molecule has 1 unspecified atom stereocenters. The van der Waals surface area contributed by atoms with Crippen LogP contribution in [0.4, 0.5) is 0 Å². The van der Waals surface area contributed by atoms with Crippen molar-refractivity contribution in [3.63, 3.8) is 0 Å². The first-order valence-corrected chi connectivity index (χ1v) is 6.94. The highest BCUT2D eigenvalue weighted by Crippen LogP contribution is 2.26. The number of hydrogen-bond donors (Lipinski definition) is 2. The van der Waals surface area contributed by atoms with E-state index in [9.17, 15) is 0 Å². The number of aromatic amines is 1. The van der Waals surface area contributed by atoms with Gasteiger partial charge in [0.25, 0.3) is 0 Å². The second-order valence-electron chi connectivity index (χ2n) is 4.35. The van der Waals surface area contributed by atoms with Crippen molar-refractivity contribution in [1.29, 1.82) is 0 Å². The van der Waals surface area contributed by atoms with Gasteiger partial charge in [-0.2, -0.15) is 10.2 Å². The fourth-order valence-corrected chi connectivity index (χ4v) is 2.23. The number of H-pyrrole nitrogens is 1. The molecular weight excluding hydrogens is 280 g/mol. The van der Waals surface area contributed by atoms with E-state index in [-0.39, 0.29) is 6.04 Å². The minimum absolute atomic E-state index is 0.163. The Hall–Kier alpha value is -1.44. The van der Waals surface area contributed by atoms with E-state index in [1.807, 2.05) is 4.68 Å². The van der Waals surface area contributed by atoms with Crippen LogP contribution in [0.1, 0.15) is 30.9 Å². The summed E-state index contributed by atoms with van der Waals surface area (Å²) in [5, 5.41) is 15.1. The van der Waals surface area contributed by atoms with Crippen LogP contribution in [0.2, 0.25) is 5.02 Å².